The normalized spacial score (nSPS) is 12.6. The van der Waals surface area contributed by atoms with Gasteiger partial charge in [-0.2, -0.15) is 5.10 Å². The van der Waals surface area contributed by atoms with E-state index in [0.717, 1.165) is 11.1 Å². The Morgan fingerprint density at radius 1 is 1.42 bits per heavy atom. The summed E-state index contributed by atoms with van der Waals surface area (Å²) >= 11 is 6.12. The van der Waals surface area contributed by atoms with Gasteiger partial charge in [-0.1, -0.05) is 35.9 Å². The van der Waals surface area contributed by atoms with Crippen LogP contribution >= 0.6 is 11.6 Å². The molecule has 1 aromatic carbocycles. The molecule has 0 aliphatic heterocycles. The van der Waals surface area contributed by atoms with Crippen molar-refractivity contribution in [2.24, 2.45) is 0 Å². The van der Waals surface area contributed by atoms with Crippen LogP contribution < -0.4 is 0 Å². The molecule has 0 aliphatic carbocycles. The highest BCUT2D eigenvalue weighted by Gasteiger charge is 2.21. The molecule has 2 aromatic rings. The van der Waals surface area contributed by atoms with Crippen LogP contribution in [-0.4, -0.2) is 22.0 Å². The van der Waals surface area contributed by atoms with E-state index in [9.17, 15) is 5.11 Å². The summed E-state index contributed by atoms with van der Waals surface area (Å²) in [5, 5.41) is 15.2. The number of aliphatic hydroxyl groups excluding tert-OH is 1. The van der Waals surface area contributed by atoms with Crippen LogP contribution in [0.1, 0.15) is 29.8 Å². The lowest BCUT2D eigenvalue weighted by Crippen LogP contribution is -2.11. The van der Waals surface area contributed by atoms with Crippen LogP contribution in [0.2, 0.25) is 5.02 Å². The zero-order chi connectivity index (χ0) is 13.8. The Hall–Kier alpha value is -1.36. The maximum Gasteiger partial charge on any atom is 0.123 e. The summed E-state index contributed by atoms with van der Waals surface area (Å²) in [6, 6.07) is 7.62. The third kappa shape index (κ3) is 2.81. The van der Waals surface area contributed by atoms with Crippen molar-refractivity contribution in [1.82, 2.24) is 9.78 Å². The molecule has 1 N–H and O–H groups in total. The number of hydrogen-bond acceptors (Lipinski definition) is 3. The largest absolute Gasteiger partial charge is 0.382 e. The van der Waals surface area contributed by atoms with Crippen molar-refractivity contribution in [2.45, 2.75) is 26.2 Å². The SMILES string of the molecule is CCn1ncc(Cl)c1C(O)c1ccccc1COC. The molecular weight excluding hydrogens is 264 g/mol. The molecule has 0 amide bonds. The second-order valence-corrected chi connectivity index (χ2v) is 4.64. The fourth-order valence-electron chi connectivity index (χ4n) is 2.13. The highest BCUT2D eigenvalue weighted by molar-refractivity contribution is 6.31. The van der Waals surface area contributed by atoms with Crippen molar-refractivity contribution < 1.29 is 9.84 Å². The summed E-state index contributed by atoms with van der Waals surface area (Å²) in [5.74, 6) is 0. The van der Waals surface area contributed by atoms with Crippen molar-refractivity contribution in [3.05, 3.63) is 52.3 Å². The van der Waals surface area contributed by atoms with E-state index in [1.165, 1.54) is 0 Å². The van der Waals surface area contributed by atoms with Gasteiger partial charge in [0.25, 0.3) is 0 Å². The molecule has 0 bridgehead atoms. The Balaban J connectivity index is 2.43. The number of benzene rings is 1. The van der Waals surface area contributed by atoms with Gasteiger partial charge in [-0.3, -0.25) is 4.68 Å². The van der Waals surface area contributed by atoms with E-state index >= 15 is 0 Å². The van der Waals surface area contributed by atoms with E-state index in [1.807, 2.05) is 31.2 Å². The molecule has 2 rings (SSSR count). The van der Waals surface area contributed by atoms with E-state index in [4.69, 9.17) is 16.3 Å². The van der Waals surface area contributed by atoms with Gasteiger partial charge in [0, 0.05) is 13.7 Å². The number of halogens is 1. The van der Waals surface area contributed by atoms with Crippen LogP contribution in [-0.2, 0) is 17.9 Å². The van der Waals surface area contributed by atoms with Gasteiger partial charge in [0.2, 0.25) is 0 Å². The summed E-state index contributed by atoms with van der Waals surface area (Å²) in [4.78, 5) is 0. The Morgan fingerprint density at radius 2 is 2.16 bits per heavy atom. The number of hydrogen-bond donors (Lipinski definition) is 1. The third-order valence-corrected chi connectivity index (χ3v) is 3.33. The molecule has 0 saturated heterocycles. The lowest BCUT2D eigenvalue weighted by molar-refractivity contribution is 0.174. The molecule has 19 heavy (non-hydrogen) atoms. The number of ether oxygens (including phenoxy) is 1. The van der Waals surface area contributed by atoms with E-state index in [-0.39, 0.29) is 0 Å². The molecule has 1 atom stereocenters. The standard InChI is InChI=1S/C14H17ClN2O2/c1-3-17-13(12(15)8-16-17)14(18)11-7-5-4-6-10(11)9-19-2/h4-8,14,18H,3,9H2,1-2H3. The molecule has 0 saturated carbocycles. The summed E-state index contributed by atoms with van der Waals surface area (Å²) in [7, 11) is 1.63. The topological polar surface area (TPSA) is 47.3 Å². The van der Waals surface area contributed by atoms with Gasteiger partial charge in [-0.15, -0.1) is 0 Å². The Labute approximate surface area is 117 Å². The van der Waals surface area contributed by atoms with Gasteiger partial charge in [0.1, 0.15) is 6.10 Å². The number of rotatable bonds is 5. The minimum absolute atomic E-state index is 0.450. The quantitative estimate of drug-likeness (QED) is 0.916. The number of nitrogens with zero attached hydrogens (tertiary/aromatic N) is 2. The average Bonchev–Trinajstić information content (AvgIpc) is 2.80. The van der Waals surface area contributed by atoms with Crippen molar-refractivity contribution in [3.8, 4) is 0 Å². The Morgan fingerprint density at radius 3 is 2.84 bits per heavy atom. The number of aromatic nitrogens is 2. The molecule has 1 heterocycles. The maximum absolute atomic E-state index is 10.6. The molecule has 102 valence electrons. The minimum atomic E-state index is -0.804. The van der Waals surface area contributed by atoms with Gasteiger partial charge in [0.15, 0.2) is 0 Å². The number of methoxy groups -OCH3 is 1. The van der Waals surface area contributed by atoms with E-state index in [0.29, 0.717) is 23.9 Å². The van der Waals surface area contributed by atoms with Gasteiger partial charge in [0.05, 0.1) is 23.5 Å². The van der Waals surface area contributed by atoms with Crippen molar-refractivity contribution in [1.29, 1.82) is 0 Å². The second kappa shape index (κ2) is 6.19. The van der Waals surface area contributed by atoms with Gasteiger partial charge < -0.3 is 9.84 Å². The van der Waals surface area contributed by atoms with Crippen LogP contribution in [0, 0.1) is 0 Å². The third-order valence-electron chi connectivity index (χ3n) is 3.04. The summed E-state index contributed by atoms with van der Waals surface area (Å²) in [6.07, 6.45) is 0.754. The fraction of sp³-hybridized carbons (Fsp3) is 0.357. The van der Waals surface area contributed by atoms with Crippen LogP contribution in [0.15, 0.2) is 30.5 Å². The van der Waals surface area contributed by atoms with Crippen LogP contribution in [0.5, 0.6) is 0 Å². The van der Waals surface area contributed by atoms with Crippen molar-refractivity contribution >= 4 is 11.6 Å². The van der Waals surface area contributed by atoms with Crippen LogP contribution in [0.3, 0.4) is 0 Å². The molecule has 1 aromatic heterocycles. The molecule has 0 aliphatic rings. The second-order valence-electron chi connectivity index (χ2n) is 4.23. The van der Waals surface area contributed by atoms with E-state index in [1.54, 1.807) is 18.0 Å². The minimum Gasteiger partial charge on any atom is -0.382 e. The van der Waals surface area contributed by atoms with Gasteiger partial charge in [-0.05, 0) is 18.1 Å². The maximum atomic E-state index is 10.6. The zero-order valence-corrected chi connectivity index (χ0v) is 11.8. The van der Waals surface area contributed by atoms with Crippen molar-refractivity contribution in [3.63, 3.8) is 0 Å². The Kier molecular flexibility index (Phi) is 4.58. The van der Waals surface area contributed by atoms with Crippen LogP contribution in [0.4, 0.5) is 0 Å². The number of aryl methyl sites for hydroxylation is 1. The highest BCUT2D eigenvalue weighted by Crippen LogP contribution is 2.30. The first-order valence-electron chi connectivity index (χ1n) is 6.15. The number of aliphatic hydroxyl groups is 1. The molecule has 4 nitrogen and oxygen atoms in total. The predicted molar refractivity (Wildman–Crippen MR) is 74.1 cm³/mol. The van der Waals surface area contributed by atoms with Gasteiger partial charge >= 0.3 is 0 Å². The molecule has 0 radical (unpaired) electrons. The first kappa shape index (κ1) is 14.1. The fourth-order valence-corrected chi connectivity index (χ4v) is 2.38. The van der Waals surface area contributed by atoms with Crippen molar-refractivity contribution in [2.75, 3.05) is 7.11 Å². The molecule has 0 fully saturated rings. The zero-order valence-electron chi connectivity index (χ0n) is 11.0. The first-order chi connectivity index (χ1) is 9.19. The first-order valence-corrected chi connectivity index (χ1v) is 6.52. The molecule has 5 heteroatoms. The monoisotopic (exact) mass is 280 g/mol. The van der Waals surface area contributed by atoms with E-state index < -0.39 is 6.10 Å². The smallest absolute Gasteiger partial charge is 0.123 e. The lowest BCUT2D eigenvalue weighted by Gasteiger charge is -2.17. The highest BCUT2D eigenvalue weighted by atomic mass is 35.5. The van der Waals surface area contributed by atoms with E-state index in [2.05, 4.69) is 5.10 Å². The predicted octanol–water partition coefficient (Wildman–Crippen LogP) is 2.78. The average molecular weight is 281 g/mol. The Bertz CT molecular complexity index is 554. The van der Waals surface area contributed by atoms with Gasteiger partial charge in [-0.25, -0.2) is 0 Å². The summed E-state index contributed by atoms with van der Waals surface area (Å²) in [6.45, 7) is 3.07. The lowest BCUT2D eigenvalue weighted by atomic mass is 10.0. The summed E-state index contributed by atoms with van der Waals surface area (Å²) < 4.78 is 6.86. The molecule has 1 unspecified atom stereocenters. The molecular formula is C14H17ClN2O2. The molecule has 0 spiro atoms. The van der Waals surface area contributed by atoms with Crippen LogP contribution in [0.25, 0.3) is 0 Å². The summed E-state index contributed by atoms with van der Waals surface area (Å²) in [5.41, 5.74) is 2.35.